The van der Waals surface area contributed by atoms with E-state index in [0.717, 1.165) is 36.2 Å². The van der Waals surface area contributed by atoms with Gasteiger partial charge in [0.2, 0.25) is 5.91 Å². The molecule has 1 aromatic carbocycles. The Labute approximate surface area is 156 Å². The van der Waals surface area contributed by atoms with Crippen molar-refractivity contribution in [2.24, 2.45) is 0 Å². The van der Waals surface area contributed by atoms with Gasteiger partial charge in [-0.25, -0.2) is 14.4 Å². The number of carbonyl (C=O) groups excluding carboxylic acids is 1. The van der Waals surface area contributed by atoms with Crippen molar-refractivity contribution in [2.75, 3.05) is 29.9 Å². The van der Waals surface area contributed by atoms with Gasteiger partial charge in [0.1, 0.15) is 23.6 Å². The number of amides is 1. The zero-order chi connectivity index (χ0) is 18.6. The number of aromatic nitrogens is 3. The van der Waals surface area contributed by atoms with Gasteiger partial charge in [-0.2, -0.15) is 0 Å². The van der Waals surface area contributed by atoms with Crippen LogP contribution in [0, 0.1) is 5.82 Å². The summed E-state index contributed by atoms with van der Waals surface area (Å²) in [5.41, 5.74) is 1.40. The summed E-state index contributed by atoms with van der Waals surface area (Å²) in [4.78, 5) is 26.2. The largest absolute Gasteiger partial charge is 0.376 e. The average Bonchev–Trinajstić information content (AvgIpc) is 3.15. The van der Waals surface area contributed by atoms with Crippen molar-refractivity contribution in [3.63, 3.8) is 0 Å². The number of H-pyrrole nitrogens is 1. The third kappa shape index (κ3) is 3.99. The van der Waals surface area contributed by atoms with E-state index in [0.29, 0.717) is 12.2 Å². The lowest BCUT2D eigenvalue weighted by molar-refractivity contribution is -0.120. The summed E-state index contributed by atoms with van der Waals surface area (Å²) in [6, 6.07) is 8.09. The summed E-state index contributed by atoms with van der Waals surface area (Å²) < 4.78 is 13.2. The first kappa shape index (κ1) is 17.3. The fourth-order valence-corrected chi connectivity index (χ4v) is 3.46. The molecule has 3 aromatic rings. The Kier molecular flexibility index (Phi) is 4.86. The van der Waals surface area contributed by atoms with Crippen molar-refractivity contribution in [3.05, 3.63) is 48.7 Å². The predicted molar refractivity (Wildman–Crippen MR) is 102 cm³/mol. The van der Waals surface area contributed by atoms with E-state index in [2.05, 4.69) is 30.5 Å². The number of aromatic amines is 1. The molecule has 0 bridgehead atoms. The number of rotatable bonds is 5. The van der Waals surface area contributed by atoms with Gasteiger partial charge in [0.05, 0.1) is 11.9 Å². The number of hydrogen-bond donors (Lipinski definition) is 3. The molecule has 7 nitrogen and oxygen atoms in total. The van der Waals surface area contributed by atoms with Gasteiger partial charge in [-0.3, -0.25) is 4.79 Å². The summed E-state index contributed by atoms with van der Waals surface area (Å²) in [5, 5.41) is 6.99. The predicted octanol–water partition coefficient (Wildman–Crippen LogP) is 2.29. The summed E-state index contributed by atoms with van der Waals surface area (Å²) >= 11 is 0. The number of nitrogens with one attached hydrogen (secondary N) is 3. The number of fused-ring (bicyclic) bond motifs is 1. The molecule has 4 rings (SSSR count). The fraction of sp³-hybridized carbons (Fsp3) is 0.316. The number of anilines is 2. The van der Waals surface area contributed by atoms with Gasteiger partial charge >= 0.3 is 0 Å². The van der Waals surface area contributed by atoms with E-state index in [1.165, 1.54) is 12.1 Å². The minimum Gasteiger partial charge on any atom is -0.376 e. The first-order valence-corrected chi connectivity index (χ1v) is 9.01. The van der Waals surface area contributed by atoms with Crippen molar-refractivity contribution in [1.82, 2.24) is 20.3 Å². The van der Waals surface area contributed by atoms with E-state index in [-0.39, 0.29) is 24.3 Å². The zero-order valence-corrected chi connectivity index (χ0v) is 14.8. The molecule has 27 heavy (non-hydrogen) atoms. The second-order valence-electron chi connectivity index (χ2n) is 6.65. The molecule has 1 amide bonds. The Hall–Kier alpha value is -3.16. The second kappa shape index (κ2) is 7.61. The van der Waals surface area contributed by atoms with Gasteiger partial charge in [-0.1, -0.05) is 6.07 Å². The molecule has 0 aliphatic carbocycles. The van der Waals surface area contributed by atoms with Crippen LogP contribution in [0.5, 0.6) is 0 Å². The van der Waals surface area contributed by atoms with Crippen molar-refractivity contribution >= 4 is 28.4 Å². The molecule has 1 atom stereocenters. The van der Waals surface area contributed by atoms with Crippen LogP contribution in [0.1, 0.15) is 12.8 Å². The Morgan fingerprint density at radius 3 is 3.15 bits per heavy atom. The summed E-state index contributed by atoms with van der Waals surface area (Å²) in [7, 11) is 0. The molecule has 1 aliphatic rings. The number of benzene rings is 1. The van der Waals surface area contributed by atoms with Crippen molar-refractivity contribution < 1.29 is 9.18 Å². The minimum atomic E-state index is -0.329. The normalized spacial score (nSPS) is 17.1. The van der Waals surface area contributed by atoms with Gasteiger partial charge in [0.25, 0.3) is 0 Å². The molecule has 1 aliphatic heterocycles. The SMILES string of the molecule is O=C(CNc1cccc(F)c1)N[C@@H]1CCCN(c2ncnc3[nH]ccc23)C1. The van der Waals surface area contributed by atoms with Crippen LogP contribution in [-0.2, 0) is 4.79 Å². The molecule has 3 heterocycles. The van der Waals surface area contributed by atoms with Crippen molar-refractivity contribution in [3.8, 4) is 0 Å². The topological polar surface area (TPSA) is 85.9 Å². The first-order chi connectivity index (χ1) is 13.2. The van der Waals surface area contributed by atoms with E-state index in [1.54, 1.807) is 18.5 Å². The number of carbonyl (C=O) groups is 1. The van der Waals surface area contributed by atoms with Gasteiger partial charge in [0.15, 0.2) is 0 Å². The van der Waals surface area contributed by atoms with Crippen LogP contribution in [0.25, 0.3) is 11.0 Å². The number of piperidine rings is 1. The highest BCUT2D eigenvalue weighted by molar-refractivity contribution is 5.87. The number of nitrogens with zero attached hydrogens (tertiary/aromatic N) is 3. The standard InChI is InChI=1S/C19H21FN6O/c20-13-3-1-4-14(9-13)22-10-17(27)25-15-5-2-8-26(11-15)19-16-6-7-21-18(16)23-12-24-19/h1,3-4,6-7,9,12,15,22H,2,5,8,10-11H2,(H,25,27)(H,21,23,24)/t15-/m1/s1. The lowest BCUT2D eigenvalue weighted by Gasteiger charge is -2.34. The van der Waals surface area contributed by atoms with Crippen LogP contribution in [0.15, 0.2) is 42.9 Å². The summed E-state index contributed by atoms with van der Waals surface area (Å²) in [6.07, 6.45) is 5.30. The molecular weight excluding hydrogens is 347 g/mol. The molecule has 2 aromatic heterocycles. The molecule has 1 fully saturated rings. The Balaban J connectivity index is 1.35. The van der Waals surface area contributed by atoms with E-state index >= 15 is 0 Å². The minimum absolute atomic E-state index is 0.0458. The van der Waals surface area contributed by atoms with Crippen molar-refractivity contribution in [1.29, 1.82) is 0 Å². The van der Waals surface area contributed by atoms with Gasteiger partial charge in [0, 0.05) is 31.0 Å². The van der Waals surface area contributed by atoms with Crippen LogP contribution < -0.4 is 15.5 Å². The number of hydrogen-bond acceptors (Lipinski definition) is 5. The smallest absolute Gasteiger partial charge is 0.239 e. The molecule has 0 saturated carbocycles. The third-order valence-corrected chi connectivity index (χ3v) is 4.70. The Morgan fingerprint density at radius 1 is 1.33 bits per heavy atom. The quantitative estimate of drug-likeness (QED) is 0.643. The molecular formula is C19H21FN6O. The fourth-order valence-electron chi connectivity index (χ4n) is 3.46. The summed E-state index contributed by atoms with van der Waals surface area (Å²) in [5.74, 6) is 0.447. The molecule has 3 N–H and O–H groups in total. The zero-order valence-electron chi connectivity index (χ0n) is 14.8. The van der Waals surface area contributed by atoms with E-state index in [9.17, 15) is 9.18 Å². The maximum atomic E-state index is 13.2. The van der Waals surface area contributed by atoms with Crippen LogP contribution in [-0.4, -0.2) is 46.5 Å². The third-order valence-electron chi connectivity index (χ3n) is 4.70. The van der Waals surface area contributed by atoms with Crippen molar-refractivity contribution in [2.45, 2.75) is 18.9 Å². The Bertz CT molecular complexity index is 943. The maximum Gasteiger partial charge on any atom is 0.239 e. The maximum absolute atomic E-state index is 13.2. The van der Waals surface area contributed by atoms with E-state index < -0.39 is 0 Å². The van der Waals surface area contributed by atoms with Crippen LogP contribution in [0.4, 0.5) is 15.9 Å². The lowest BCUT2D eigenvalue weighted by Crippen LogP contribution is -2.49. The van der Waals surface area contributed by atoms with E-state index in [1.807, 2.05) is 12.3 Å². The molecule has 0 spiro atoms. The highest BCUT2D eigenvalue weighted by Crippen LogP contribution is 2.25. The first-order valence-electron chi connectivity index (χ1n) is 9.01. The van der Waals surface area contributed by atoms with Gasteiger partial charge in [-0.15, -0.1) is 0 Å². The summed E-state index contributed by atoms with van der Waals surface area (Å²) in [6.45, 7) is 1.70. The molecule has 140 valence electrons. The van der Waals surface area contributed by atoms with Gasteiger partial charge < -0.3 is 20.5 Å². The van der Waals surface area contributed by atoms with Gasteiger partial charge in [-0.05, 0) is 37.1 Å². The monoisotopic (exact) mass is 368 g/mol. The molecule has 1 saturated heterocycles. The lowest BCUT2D eigenvalue weighted by atomic mass is 10.1. The molecule has 0 unspecified atom stereocenters. The van der Waals surface area contributed by atoms with Crippen LogP contribution >= 0.6 is 0 Å². The average molecular weight is 368 g/mol. The van der Waals surface area contributed by atoms with Crippen LogP contribution in [0.2, 0.25) is 0 Å². The highest BCUT2D eigenvalue weighted by Gasteiger charge is 2.23. The Morgan fingerprint density at radius 2 is 2.26 bits per heavy atom. The highest BCUT2D eigenvalue weighted by atomic mass is 19.1. The molecule has 0 radical (unpaired) electrons. The van der Waals surface area contributed by atoms with Crippen LogP contribution in [0.3, 0.4) is 0 Å². The number of halogens is 1. The van der Waals surface area contributed by atoms with E-state index in [4.69, 9.17) is 0 Å². The molecule has 8 heteroatoms. The second-order valence-corrected chi connectivity index (χ2v) is 6.65.